The lowest BCUT2D eigenvalue weighted by atomic mass is 9.98. The summed E-state index contributed by atoms with van der Waals surface area (Å²) in [6.07, 6.45) is 2.72. The van der Waals surface area contributed by atoms with Crippen LogP contribution in [0.15, 0.2) is 24.3 Å². The monoisotopic (exact) mass is 275 g/mol. The van der Waals surface area contributed by atoms with Gasteiger partial charge >= 0.3 is 0 Å². The van der Waals surface area contributed by atoms with Crippen molar-refractivity contribution < 1.29 is 4.74 Å². The molecule has 0 saturated heterocycles. The fraction of sp³-hybridized carbons (Fsp3) is 0.667. The van der Waals surface area contributed by atoms with Crippen molar-refractivity contribution in [2.45, 2.75) is 39.5 Å². The molecule has 2 nitrogen and oxygen atoms in total. The molecular formula is C18H29NO. The zero-order chi connectivity index (χ0) is 14.4. The zero-order valence-corrected chi connectivity index (χ0v) is 13.2. The van der Waals surface area contributed by atoms with Gasteiger partial charge in [-0.25, -0.2) is 0 Å². The lowest BCUT2D eigenvalue weighted by Gasteiger charge is -2.19. The Morgan fingerprint density at radius 1 is 1.25 bits per heavy atom. The molecule has 1 N–H and O–H groups in total. The maximum Gasteiger partial charge on any atom is 0.0547 e. The first-order valence-corrected chi connectivity index (χ1v) is 8.00. The summed E-state index contributed by atoms with van der Waals surface area (Å²) in [6.45, 7) is 10.5. The Labute approximate surface area is 123 Å². The van der Waals surface area contributed by atoms with Crippen LogP contribution in [-0.4, -0.2) is 26.3 Å². The first kappa shape index (κ1) is 15.5. The standard InChI is InChI=1S/C18H29NO/c1-14(2)10-19-11-18(13-20-12-16-7-8-16)17-6-4-5-15(3)9-17/h4-6,9,14,16,18-19H,7-8,10-13H2,1-3H3. The molecule has 1 aromatic rings. The average molecular weight is 275 g/mol. The highest BCUT2D eigenvalue weighted by atomic mass is 16.5. The number of nitrogens with one attached hydrogen (secondary N) is 1. The molecule has 0 radical (unpaired) electrons. The van der Waals surface area contributed by atoms with E-state index in [0.29, 0.717) is 11.8 Å². The summed E-state index contributed by atoms with van der Waals surface area (Å²) in [5, 5.41) is 3.58. The lowest BCUT2D eigenvalue weighted by molar-refractivity contribution is 0.110. The van der Waals surface area contributed by atoms with E-state index in [0.717, 1.165) is 32.2 Å². The molecular weight excluding hydrogens is 246 g/mol. The Bertz CT molecular complexity index is 390. The van der Waals surface area contributed by atoms with Gasteiger partial charge in [0.2, 0.25) is 0 Å². The molecule has 1 aliphatic rings. The normalized spacial score (nSPS) is 16.6. The SMILES string of the molecule is Cc1cccc(C(CNCC(C)C)COCC2CC2)c1. The Kier molecular flexibility index (Phi) is 6.06. The molecule has 1 fully saturated rings. The van der Waals surface area contributed by atoms with Crippen LogP contribution < -0.4 is 5.32 Å². The predicted molar refractivity (Wildman–Crippen MR) is 85.2 cm³/mol. The van der Waals surface area contributed by atoms with Crippen molar-refractivity contribution in [1.29, 1.82) is 0 Å². The lowest BCUT2D eigenvalue weighted by Crippen LogP contribution is -2.28. The summed E-state index contributed by atoms with van der Waals surface area (Å²) in [5.41, 5.74) is 2.73. The van der Waals surface area contributed by atoms with Crippen LogP contribution in [0.1, 0.15) is 43.7 Å². The van der Waals surface area contributed by atoms with Gasteiger partial charge in [0.1, 0.15) is 0 Å². The number of hydrogen-bond acceptors (Lipinski definition) is 2. The summed E-state index contributed by atoms with van der Waals surface area (Å²) in [4.78, 5) is 0. The predicted octanol–water partition coefficient (Wildman–Crippen LogP) is 3.75. The van der Waals surface area contributed by atoms with Crippen molar-refractivity contribution in [3.8, 4) is 0 Å². The largest absolute Gasteiger partial charge is 0.380 e. The second kappa shape index (κ2) is 7.80. The van der Waals surface area contributed by atoms with Gasteiger partial charge in [-0.1, -0.05) is 43.7 Å². The molecule has 2 rings (SSSR count). The van der Waals surface area contributed by atoms with Gasteiger partial charge in [-0.05, 0) is 43.7 Å². The minimum Gasteiger partial charge on any atom is -0.380 e. The fourth-order valence-corrected chi connectivity index (χ4v) is 2.40. The summed E-state index contributed by atoms with van der Waals surface area (Å²) in [7, 11) is 0. The minimum absolute atomic E-state index is 0.465. The van der Waals surface area contributed by atoms with E-state index < -0.39 is 0 Å². The number of rotatable bonds is 9. The highest BCUT2D eigenvalue weighted by molar-refractivity contribution is 5.25. The molecule has 20 heavy (non-hydrogen) atoms. The van der Waals surface area contributed by atoms with Crippen LogP contribution in [0.4, 0.5) is 0 Å². The van der Waals surface area contributed by atoms with Gasteiger partial charge in [0.15, 0.2) is 0 Å². The Morgan fingerprint density at radius 2 is 2.05 bits per heavy atom. The van der Waals surface area contributed by atoms with Gasteiger partial charge in [-0.3, -0.25) is 0 Å². The van der Waals surface area contributed by atoms with E-state index >= 15 is 0 Å². The highest BCUT2D eigenvalue weighted by Gasteiger charge is 2.22. The Morgan fingerprint density at radius 3 is 2.70 bits per heavy atom. The van der Waals surface area contributed by atoms with E-state index in [-0.39, 0.29) is 0 Å². The molecule has 0 heterocycles. The van der Waals surface area contributed by atoms with Gasteiger partial charge in [0.05, 0.1) is 6.61 Å². The van der Waals surface area contributed by atoms with Crippen LogP contribution in [0.3, 0.4) is 0 Å². The van der Waals surface area contributed by atoms with Crippen molar-refractivity contribution in [3.05, 3.63) is 35.4 Å². The third-order valence-corrected chi connectivity index (χ3v) is 3.83. The van der Waals surface area contributed by atoms with E-state index in [1.165, 1.54) is 24.0 Å². The van der Waals surface area contributed by atoms with E-state index in [1.807, 2.05) is 0 Å². The second-order valence-corrected chi connectivity index (χ2v) is 6.64. The van der Waals surface area contributed by atoms with Gasteiger partial charge in [-0.15, -0.1) is 0 Å². The van der Waals surface area contributed by atoms with Crippen LogP contribution >= 0.6 is 0 Å². The number of aryl methyl sites for hydroxylation is 1. The van der Waals surface area contributed by atoms with Crippen molar-refractivity contribution in [3.63, 3.8) is 0 Å². The summed E-state index contributed by atoms with van der Waals surface area (Å²) in [5.74, 6) is 2.00. The maximum absolute atomic E-state index is 5.93. The Balaban J connectivity index is 1.87. The van der Waals surface area contributed by atoms with Crippen LogP contribution in [-0.2, 0) is 4.74 Å². The van der Waals surface area contributed by atoms with Gasteiger partial charge in [0.25, 0.3) is 0 Å². The van der Waals surface area contributed by atoms with E-state index in [4.69, 9.17) is 4.74 Å². The topological polar surface area (TPSA) is 21.3 Å². The molecule has 2 heteroatoms. The molecule has 1 saturated carbocycles. The molecule has 1 aromatic carbocycles. The maximum atomic E-state index is 5.93. The quantitative estimate of drug-likeness (QED) is 0.741. The molecule has 0 spiro atoms. The molecule has 0 bridgehead atoms. The fourth-order valence-electron chi connectivity index (χ4n) is 2.40. The first-order valence-electron chi connectivity index (χ1n) is 8.00. The first-order chi connectivity index (χ1) is 9.65. The second-order valence-electron chi connectivity index (χ2n) is 6.64. The molecule has 1 aliphatic carbocycles. The third-order valence-electron chi connectivity index (χ3n) is 3.83. The molecule has 1 unspecified atom stereocenters. The van der Waals surface area contributed by atoms with Crippen LogP contribution in [0.5, 0.6) is 0 Å². The van der Waals surface area contributed by atoms with Crippen molar-refractivity contribution in [1.82, 2.24) is 5.32 Å². The smallest absolute Gasteiger partial charge is 0.0547 e. The van der Waals surface area contributed by atoms with Crippen molar-refractivity contribution in [2.24, 2.45) is 11.8 Å². The third kappa shape index (κ3) is 5.64. The molecule has 0 aromatic heterocycles. The Hall–Kier alpha value is -0.860. The highest BCUT2D eigenvalue weighted by Crippen LogP contribution is 2.29. The summed E-state index contributed by atoms with van der Waals surface area (Å²) >= 11 is 0. The van der Waals surface area contributed by atoms with E-state index in [1.54, 1.807) is 0 Å². The van der Waals surface area contributed by atoms with Gasteiger partial charge in [0, 0.05) is 19.1 Å². The van der Waals surface area contributed by atoms with E-state index in [2.05, 4.69) is 50.4 Å². The minimum atomic E-state index is 0.465. The summed E-state index contributed by atoms with van der Waals surface area (Å²) in [6, 6.07) is 8.84. The molecule has 1 atom stereocenters. The summed E-state index contributed by atoms with van der Waals surface area (Å²) < 4.78 is 5.93. The van der Waals surface area contributed by atoms with Crippen molar-refractivity contribution >= 4 is 0 Å². The average Bonchev–Trinajstić information content (AvgIpc) is 3.20. The van der Waals surface area contributed by atoms with Gasteiger partial charge < -0.3 is 10.1 Å². The zero-order valence-electron chi connectivity index (χ0n) is 13.2. The molecule has 0 aliphatic heterocycles. The van der Waals surface area contributed by atoms with Crippen LogP contribution in [0, 0.1) is 18.8 Å². The number of ether oxygens (including phenoxy) is 1. The molecule has 0 amide bonds. The van der Waals surface area contributed by atoms with E-state index in [9.17, 15) is 0 Å². The number of hydrogen-bond donors (Lipinski definition) is 1. The number of benzene rings is 1. The van der Waals surface area contributed by atoms with Crippen molar-refractivity contribution in [2.75, 3.05) is 26.3 Å². The van der Waals surface area contributed by atoms with Crippen LogP contribution in [0.2, 0.25) is 0 Å². The van der Waals surface area contributed by atoms with Gasteiger partial charge in [-0.2, -0.15) is 0 Å². The molecule has 112 valence electrons. The van der Waals surface area contributed by atoms with Crippen LogP contribution in [0.25, 0.3) is 0 Å².